The second kappa shape index (κ2) is 6.40. The SMILES string of the molecule is COc1cc(C(Br)Cc2cccc(Cl)c2)ccc1F. The van der Waals surface area contributed by atoms with Gasteiger partial charge in [0, 0.05) is 9.85 Å². The van der Waals surface area contributed by atoms with E-state index < -0.39 is 0 Å². The highest BCUT2D eigenvalue weighted by molar-refractivity contribution is 9.09. The first-order valence-electron chi connectivity index (χ1n) is 5.82. The van der Waals surface area contributed by atoms with Crippen LogP contribution in [0.4, 0.5) is 4.39 Å². The van der Waals surface area contributed by atoms with Gasteiger partial charge in [0.25, 0.3) is 0 Å². The number of hydrogen-bond acceptors (Lipinski definition) is 1. The monoisotopic (exact) mass is 342 g/mol. The van der Waals surface area contributed by atoms with Crippen LogP contribution in [0.1, 0.15) is 16.0 Å². The maximum Gasteiger partial charge on any atom is 0.165 e. The molecular formula is C15H13BrClFO. The van der Waals surface area contributed by atoms with Crippen molar-refractivity contribution < 1.29 is 9.13 Å². The molecule has 0 aliphatic heterocycles. The van der Waals surface area contributed by atoms with Crippen LogP contribution in [0.15, 0.2) is 42.5 Å². The minimum Gasteiger partial charge on any atom is -0.494 e. The molecule has 4 heteroatoms. The molecule has 2 rings (SSSR count). The summed E-state index contributed by atoms with van der Waals surface area (Å²) >= 11 is 9.57. The highest BCUT2D eigenvalue weighted by Gasteiger charge is 2.12. The Kier molecular flexibility index (Phi) is 4.83. The number of alkyl halides is 1. The van der Waals surface area contributed by atoms with E-state index in [1.54, 1.807) is 12.1 Å². The van der Waals surface area contributed by atoms with Crippen LogP contribution < -0.4 is 4.74 Å². The van der Waals surface area contributed by atoms with Crippen LogP contribution in [-0.4, -0.2) is 7.11 Å². The summed E-state index contributed by atoms with van der Waals surface area (Å²) in [4.78, 5) is 0.0838. The number of ether oxygens (including phenoxy) is 1. The van der Waals surface area contributed by atoms with Gasteiger partial charge in [0.1, 0.15) is 0 Å². The van der Waals surface area contributed by atoms with Crippen molar-refractivity contribution in [1.82, 2.24) is 0 Å². The lowest BCUT2D eigenvalue weighted by Crippen LogP contribution is -1.97. The van der Waals surface area contributed by atoms with Gasteiger partial charge in [-0.2, -0.15) is 0 Å². The second-order valence-electron chi connectivity index (χ2n) is 4.20. The Bertz CT molecular complexity index is 574. The molecule has 2 aromatic carbocycles. The molecule has 0 aromatic heterocycles. The molecule has 0 aliphatic rings. The summed E-state index contributed by atoms with van der Waals surface area (Å²) in [6, 6.07) is 12.6. The van der Waals surface area contributed by atoms with Crippen molar-refractivity contribution in [3.05, 3.63) is 64.4 Å². The Labute approximate surface area is 125 Å². The highest BCUT2D eigenvalue weighted by Crippen LogP contribution is 2.31. The van der Waals surface area contributed by atoms with Gasteiger partial charge in [0.05, 0.1) is 7.11 Å². The van der Waals surface area contributed by atoms with Crippen LogP contribution in [0, 0.1) is 5.82 Å². The Morgan fingerprint density at radius 1 is 1.26 bits per heavy atom. The molecule has 1 atom stereocenters. The lowest BCUT2D eigenvalue weighted by molar-refractivity contribution is 0.386. The quantitative estimate of drug-likeness (QED) is 0.696. The summed E-state index contributed by atoms with van der Waals surface area (Å²) < 4.78 is 18.3. The zero-order valence-corrected chi connectivity index (χ0v) is 12.7. The fourth-order valence-corrected chi connectivity index (χ4v) is 2.73. The predicted octanol–water partition coefficient (Wildman–Crippen LogP) is 5.17. The molecule has 0 radical (unpaired) electrons. The fourth-order valence-electron chi connectivity index (χ4n) is 1.86. The third-order valence-electron chi connectivity index (χ3n) is 2.84. The molecule has 19 heavy (non-hydrogen) atoms. The largest absolute Gasteiger partial charge is 0.494 e. The predicted molar refractivity (Wildman–Crippen MR) is 79.8 cm³/mol. The number of halogens is 3. The lowest BCUT2D eigenvalue weighted by Gasteiger charge is -2.12. The summed E-state index contributed by atoms with van der Waals surface area (Å²) in [5.74, 6) is -0.0956. The smallest absolute Gasteiger partial charge is 0.165 e. The van der Waals surface area contributed by atoms with Crippen molar-refractivity contribution in [3.8, 4) is 5.75 Å². The fraction of sp³-hybridized carbons (Fsp3) is 0.200. The molecule has 0 fully saturated rings. The molecule has 0 saturated heterocycles. The number of rotatable bonds is 4. The van der Waals surface area contributed by atoms with Crippen molar-refractivity contribution in [1.29, 1.82) is 0 Å². The van der Waals surface area contributed by atoms with Gasteiger partial charge in [-0.25, -0.2) is 4.39 Å². The average molecular weight is 344 g/mol. The number of benzene rings is 2. The van der Waals surface area contributed by atoms with E-state index in [0.717, 1.165) is 17.5 Å². The van der Waals surface area contributed by atoms with Crippen molar-refractivity contribution in [2.45, 2.75) is 11.2 Å². The van der Waals surface area contributed by atoms with Gasteiger partial charge in [-0.1, -0.05) is 45.7 Å². The summed E-state index contributed by atoms with van der Waals surface area (Å²) in [7, 11) is 1.46. The summed E-state index contributed by atoms with van der Waals surface area (Å²) in [5.41, 5.74) is 2.09. The van der Waals surface area contributed by atoms with E-state index in [2.05, 4.69) is 15.9 Å². The molecule has 0 aliphatic carbocycles. The Morgan fingerprint density at radius 3 is 2.74 bits per heavy atom. The van der Waals surface area contributed by atoms with Gasteiger partial charge >= 0.3 is 0 Å². The maximum atomic E-state index is 13.4. The standard InChI is InChI=1S/C15H13BrClFO/c1-19-15-9-11(5-6-14(15)18)13(16)8-10-3-2-4-12(17)7-10/h2-7,9,13H,8H2,1H3. The van der Waals surface area contributed by atoms with Crippen LogP contribution >= 0.6 is 27.5 Å². The third kappa shape index (κ3) is 3.71. The number of methoxy groups -OCH3 is 1. The Hall–Kier alpha value is -1.06. The Balaban J connectivity index is 2.18. The third-order valence-corrected chi connectivity index (χ3v) is 3.93. The molecule has 100 valence electrons. The van der Waals surface area contributed by atoms with Crippen LogP contribution in [0.3, 0.4) is 0 Å². The van der Waals surface area contributed by atoms with E-state index in [4.69, 9.17) is 16.3 Å². The molecule has 0 amide bonds. The van der Waals surface area contributed by atoms with Gasteiger partial charge < -0.3 is 4.74 Å². The van der Waals surface area contributed by atoms with Gasteiger partial charge in [-0.05, 0) is 41.8 Å². The topological polar surface area (TPSA) is 9.23 Å². The van der Waals surface area contributed by atoms with Crippen LogP contribution in [0.5, 0.6) is 5.75 Å². The summed E-state index contributed by atoms with van der Waals surface area (Å²) in [6.45, 7) is 0. The zero-order valence-electron chi connectivity index (χ0n) is 10.4. The van der Waals surface area contributed by atoms with Crippen LogP contribution in [0.25, 0.3) is 0 Å². The first-order valence-corrected chi connectivity index (χ1v) is 7.11. The zero-order chi connectivity index (χ0) is 13.8. The molecule has 0 saturated carbocycles. The average Bonchev–Trinajstić information content (AvgIpc) is 2.39. The van der Waals surface area contributed by atoms with Gasteiger partial charge in [0.15, 0.2) is 11.6 Å². The molecular weight excluding hydrogens is 331 g/mol. The first kappa shape index (κ1) is 14.4. The van der Waals surface area contributed by atoms with E-state index >= 15 is 0 Å². The normalized spacial score (nSPS) is 12.2. The Morgan fingerprint density at radius 2 is 2.05 bits per heavy atom. The van der Waals surface area contributed by atoms with Gasteiger partial charge in [-0.15, -0.1) is 0 Å². The van der Waals surface area contributed by atoms with Gasteiger partial charge in [0.2, 0.25) is 0 Å². The van der Waals surface area contributed by atoms with E-state index in [0.29, 0.717) is 5.02 Å². The van der Waals surface area contributed by atoms with Crippen LogP contribution in [0.2, 0.25) is 5.02 Å². The molecule has 0 N–H and O–H groups in total. The van der Waals surface area contributed by atoms with E-state index in [1.807, 2.05) is 24.3 Å². The van der Waals surface area contributed by atoms with Gasteiger partial charge in [-0.3, -0.25) is 0 Å². The van der Waals surface area contributed by atoms with E-state index in [1.165, 1.54) is 13.2 Å². The lowest BCUT2D eigenvalue weighted by atomic mass is 10.0. The molecule has 0 bridgehead atoms. The molecule has 0 heterocycles. The van der Waals surface area contributed by atoms with E-state index in [9.17, 15) is 4.39 Å². The van der Waals surface area contributed by atoms with Crippen molar-refractivity contribution in [2.75, 3.05) is 7.11 Å². The first-order chi connectivity index (χ1) is 9.10. The van der Waals surface area contributed by atoms with Crippen molar-refractivity contribution >= 4 is 27.5 Å². The van der Waals surface area contributed by atoms with Crippen LogP contribution in [-0.2, 0) is 6.42 Å². The molecule has 1 nitrogen and oxygen atoms in total. The number of hydrogen-bond donors (Lipinski definition) is 0. The molecule has 1 unspecified atom stereocenters. The van der Waals surface area contributed by atoms with E-state index in [-0.39, 0.29) is 16.4 Å². The molecule has 2 aromatic rings. The van der Waals surface area contributed by atoms with Crippen molar-refractivity contribution in [3.63, 3.8) is 0 Å². The van der Waals surface area contributed by atoms with Crippen molar-refractivity contribution in [2.24, 2.45) is 0 Å². The summed E-state index contributed by atoms with van der Waals surface area (Å²) in [6.07, 6.45) is 0.773. The second-order valence-corrected chi connectivity index (χ2v) is 5.74. The maximum absolute atomic E-state index is 13.4. The minimum absolute atomic E-state index is 0.0838. The summed E-state index contributed by atoms with van der Waals surface area (Å²) in [5, 5.41) is 0.717. The highest BCUT2D eigenvalue weighted by atomic mass is 79.9. The molecule has 0 spiro atoms. The minimum atomic E-state index is -0.353.